The molecule has 1 atom stereocenters. The quantitative estimate of drug-likeness (QED) is 0.221. The van der Waals surface area contributed by atoms with E-state index in [2.05, 4.69) is 20.4 Å². The first kappa shape index (κ1) is 38.2. The topological polar surface area (TPSA) is 101 Å². The predicted molar refractivity (Wildman–Crippen MR) is 159 cm³/mol. The molecule has 0 bridgehead atoms. The average molecular weight is 555 g/mol. The molecule has 2 heterocycles. The van der Waals surface area contributed by atoms with E-state index >= 15 is 0 Å². The molecule has 1 saturated heterocycles. The monoisotopic (exact) mass is 554 g/mol. The van der Waals surface area contributed by atoms with Gasteiger partial charge in [0.25, 0.3) is 23.6 Å². The van der Waals surface area contributed by atoms with Gasteiger partial charge in [0, 0.05) is 6.42 Å². The van der Waals surface area contributed by atoms with Crippen LogP contribution in [0.4, 0.5) is 0 Å². The van der Waals surface area contributed by atoms with Gasteiger partial charge in [-0.05, 0) is 30.2 Å². The molecular formula is C32H46N2O6. The van der Waals surface area contributed by atoms with Gasteiger partial charge in [-0.1, -0.05) is 111 Å². The maximum atomic E-state index is 12.8. The predicted octanol–water partition coefficient (Wildman–Crippen LogP) is 6.80. The van der Waals surface area contributed by atoms with E-state index in [0.717, 1.165) is 10.5 Å². The number of unbranched alkanes of at least 4 members (excludes halogenated alkanes) is 1. The van der Waals surface area contributed by atoms with Crippen molar-refractivity contribution in [2.24, 2.45) is 0 Å². The SMILES string of the molecule is C.C=CC=O.CC.CC.CCCC.O=C1CCC(N2C(=O)c3ccccc3C2=O)C(=O)N1OCc1ccccc1. The summed E-state index contributed by atoms with van der Waals surface area (Å²) in [7, 11) is 0. The summed E-state index contributed by atoms with van der Waals surface area (Å²) in [5, 5.41) is 0.685. The number of nitrogens with zero attached hydrogens (tertiary/aromatic N) is 2. The third kappa shape index (κ3) is 10.7. The second-order valence-corrected chi connectivity index (χ2v) is 7.74. The van der Waals surface area contributed by atoms with Gasteiger partial charge < -0.3 is 0 Å². The van der Waals surface area contributed by atoms with E-state index in [-0.39, 0.29) is 38.0 Å². The Hall–Kier alpha value is -3.91. The summed E-state index contributed by atoms with van der Waals surface area (Å²) in [4.78, 5) is 65.7. The minimum Gasteiger partial charge on any atom is -0.299 e. The molecule has 2 aliphatic heterocycles. The van der Waals surface area contributed by atoms with Gasteiger partial charge in [-0.2, -0.15) is 5.06 Å². The molecule has 4 amide bonds. The zero-order valence-corrected chi connectivity index (χ0v) is 24.0. The van der Waals surface area contributed by atoms with E-state index < -0.39 is 29.7 Å². The van der Waals surface area contributed by atoms with Gasteiger partial charge in [0.15, 0.2) is 0 Å². The fraction of sp³-hybridized carbons (Fsp3) is 0.406. The second-order valence-electron chi connectivity index (χ2n) is 7.74. The molecule has 40 heavy (non-hydrogen) atoms. The van der Waals surface area contributed by atoms with Crippen LogP contribution in [0, 0.1) is 0 Å². The highest BCUT2D eigenvalue weighted by atomic mass is 16.7. The number of aldehydes is 1. The Morgan fingerprint density at radius 2 is 1.30 bits per heavy atom. The van der Waals surface area contributed by atoms with Gasteiger partial charge in [0.2, 0.25) is 0 Å². The molecule has 2 aliphatic rings. The van der Waals surface area contributed by atoms with Crippen LogP contribution in [-0.2, 0) is 25.8 Å². The van der Waals surface area contributed by atoms with Gasteiger partial charge in [-0.15, -0.1) is 0 Å². The molecule has 4 rings (SSSR count). The van der Waals surface area contributed by atoms with E-state index in [4.69, 9.17) is 9.63 Å². The highest BCUT2D eigenvalue weighted by Gasteiger charge is 2.47. The third-order valence-corrected chi connectivity index (χ3v) is 5.28. The van der Waals surface area contributed by atoms with Crippen molar-refractivity contribution in [3.8, 4) is 0 Å². The van der Waals surface area contributed by atoms with E-state index in [1.54, 1.807) is 36.4 Å². The van der Waals surface area contributed by atoms with Crippen LogP contribution in [0.3, 0.4) is 0 Å². The van der Waals surface area contributed by atoms with Gasteiger partial charge in [0.05, 0.1) is 11.1 Å². The molecular weight excluding hydrogens is 508 g/mol. The summed E-state index contributed by atoms with van der Waals surface area (Å²) in [6, 6.07) is 14.5. The average Bonchev–Trinajstić information content (AvgIpc) is 3.25. The summed E-state index contributed by atoms with van der Waals surface area (Å²) in [5.41, 5.74) is 1.33. The third-order valence-electron chi connectivity index (χ3n) is 5.28. The Kier molecular flexibility index (Phi) is 21.0. The van der Waals surface area contributed by atoms with Gasteiger partial charge >= 0.3 is 0 Å². The molecule has 0 aliphatic carbocycles. The summed E-state index contributed by atoms with van der Waals surface area (Å²) < 4.78 is 0. The van der Waals surface area contributed by atoms with Crippen LogP contribution in [0.2, 0.25) is 0 Å². The number of carbonyl (C=O) groups is 5. The number of amides is 4. The molecule has 2 aromatic carbocycles. The Morgan fingerprint density at radius 3 is 1.73 bits per heavy atom. The van der Waals surface area contributed by atoms with Gasteiger partial charge in [0.1, 0.15) is 18.9 Å². The molecule has 1 unspecified atom stereocenters. The number of piperidine rings is 1. The van der Waals surface area contributed by atoms with Crippen molar-refractivity contribution in [1.29, 1.82) is 0 Å². The normalized spacial score (nSPS) is 14.8. The highest BCUT2D eigenvalue weighted by Crippen LogP contribution is 2.29. The van der Waals surface area contributed by atoms with Crippen molar-refractivity contribution < 1.29 is 28.8 Å². The smallest absolute Gasteiger partial charge is 0.276 e. The lowest BCUT2D eigenvalue weighted by Gasteiger charge is -2.33. The number of hydrogen-bond acceptors (Lipinski definition) is 6. The van der Waals surface area contributed by atoms with Crippen molar-refractivity contribution in [3.63, 3.8) is 0 Å². The number of carbonyl (C=O) groups excluding carboxylic acids is 5. The maximum Gasteiger partial charge on any atom is 0.276 e. The Balaban J connectivity index is 0. The molecule has 8 nitrogen and oxygen atoms in total. The number of allylic oxidation sites excluding steroid dienone is 1. The van der Waals surface area contributed by atoms with Crippen LogP contribution >= 0.6 is 0 Å². The van der Waals surface area contributed by atoms with E-state index in [9.17, 15) is 19.2 Å². The number of hydrogen-bond donors (Lipinski definition) is 0. The lowest BCUT2D eigenvalue weighted by molar-refractivity contribution is -0.206. The molecule has 0 radical (unpaired) electrons. The van der Waals surface area contributed by atoms with Crippen molar-refractivity contribution in [2.75, 3.05) is 0 Å². The minimum atomic E-state index is -1.05. The highest BCUT2D eigenvalue weighted by molar-refractivity contribution is 6.23. The van der Waals surface area contributed by atoms with E-state index in [0.29, 0.717) is 11.3 Å². The van der Waals surface area contributed by atoms with Crippen LogP contribution in [0.15, 0.2) is 67.3 Å². The van der Waals surface area contributed by atoms with Crippen LogP contribution in [0.5, 0.6) is 0 Å². The molecule has 1 fully saturated rings. The molecule has 8 heteroatoms. The Labute approximate surface area is 240 Å². The van der Waals surface area contributed by atoms with Crippen LogP contribution in [0.25, 0.3) is 0 Å². The van der Waals surface area contributed by atoms with Crippen molar-refractivity contribution >= 4 is 29.9 Å². The van der Waals surface area contributed by atoms with Crippen LogP contribution in [0.1, 0.15) is 101 Å². The van der Waals surface area contributed by atoms with E-state index in [1.807, 2.05) is 45.9 Å². The number of hydroxylamine groups is 2. The van der Waals surface area contributed by atoms with Crippen molar-refractivity contribution in [2.45, 2.75) is 87.3 Å². The lowest BCUT2D eigenvalue weighted by atomic mass is 10.0. The first-order valence-electron chi connectivity index (χ1n) is 13.5. The van der Waals surface area contributed by atoms with Crippen molar-refractivity contribution in [3.05, 3.63) is 83.9 Å². The number of benzene rings is 2. The zero-order chi connectivity index (χ0) is 29.8. The molecule has 0 N–H and O–H groups in total. The Bertz CT molecular complexity index is 1030. The number of fused-ring (bicyclic) bond motifs is 1. The summed E-state index contributed by atoms with van der Waals surface area (Å²) in [6.45, 7) is 15.5. The standard InChI is InChI=1S/C20H16N2O5.C4H10.C3H4O.2C2H6.CH4/c23-17-11-10-16(20(26)22(17)27-12-13-6-2-1-3-7-13)21-18(24)14-8-4-5-9-15(14)19(21)25;1-3-4-2;1-2-3-4;2*1-2;/h1-9,16H,10-12H2;3-4H2,1-2H3;2-3H,1H2;2*1-2H3;1H4. The maximum absolute atomic E-state index is 12.8. The largest absolute Gasteiger partial charge is 0.299 e. The minimum absolute atomic E-state index is 0. The second kappa shape index (κ2) is 22.0. The summed E-state index contributed by atoms with van der Waals surface area (Å²) in [5.74, 6) is -2.22. The molecule has 0 spiro atoms. The molecule has 0 saturated carbocycles. The number of imide groups is 2. The Morgan fingerprint density at radius 1 is 0.850 bits per heavy atom. The van der Waals surface area contributed by atoms with Crippen molar-refractivity contribution in [1.82, 2.24) is 9.96 Å². The fourth-order valence-electron chi connectivity index (χ4n) is 3.32. The molecule has 2 aromatic rings. The zero-order valence-electron chi connectivity index (χ0n) is 24.0. The summed E-state index contributed by atoms with van der Waals surface area (Å²) in [6.07, 6.45) is 4.58. The van der Waals surface area contributed by atoms with E-state index in [1.165, 1.54) is 18.9 Å². The molecule has 0 aromatic heterocycles. The van der Waals surface area contributed by atoms with Crippen LogP contribution in [-0.4, -0.2) is 45.9 Å². The van der Waals surface area contributed by atoms with Crippen LogP contribution < -0.4 is 0 Å². The van der Waals surface area contributed by atoms with Gasteiger partial charge in [-0.3, -0.25) is 33.7 Å². The fourth-order valence-corrected chi connectivity index (χ4v) is 3.32. The lowest BCUT2D eigenvalue weighted by Crippen LogP contribution is -2.55. The number of rotatable bonds is 6. The summed E-state index contributed by atoms with van der Waals surface area (Å²) >= 11 is 0. The van der Waals surface area contributed by atoms with Gasteiger partial charge in [-0.25, -0.2) is 0 Å². The first-order chi connectivity index (χ1) is 18.9. The molecule has 220 valence electrons. The first-order valence-corrected chi connectivity index (χ1v) is 13.5.